The van der Waals surface area contributed by atoms with Crippen LogP contribution >= 0.6 is 0 Å². The Balaban J connectivity index is 0.00000267. The molecule has 1 aliphatic rings. The van der Waals surface area contributed by atoms with Crippen molar-refractivity contribution in [3.05, 3.63) is 254 Å². The summed E-state index contributed by atoms with van der Waals surface area (Å²) in [6.07, 6.45) is 0. The molecule has 0 amide bonds. The van der Waals surface area contributed by atoms with Gasteiger partial charge in [0.25, 0.3) is 0 Å². The molecule has 0 bridgehead atoms. The van der Waals surface area contributed by atoms with Crippen LogP contribution in [0.2, 0.25) is 5.04 Å². The van der Waals surface area contributed by atoms with E-state index in [-0.39, 0.29) is 37.2 Å². The van der Waals surface area contributed by atoms with E-state index in [0.29, 0.717) is 0 Å². The SMILES string of the molecule is CC1=C(C)C(C)([Si](c2cc(-c3cccc(C)c3)cc(-c3cccc(C)c3)c2)(c2cc(-c3cccc(C)c3)cc(-c3cccc(C)c3)c2)c2cc(-c3cccc(C)c3)cc(-c3cccc(C)c3)c2)[C]([Ti+3])=C1C.[Cl-].[Cl-].[Cl-]. The normalized spacial score (nSPS) is 14.3. The average molecular weight is 1070 g/mol. The smallest absolute Gasteiger partial charge is 1.00 e. The van der Waals surface area contributed by atoms with Gasteiger partial charge in [-0.2, -0.15) is 0 Å². The molecule has 368 valence electrons. The van der Waals surface area contributed by atoms with E-state index in [2.05, 4.69) is 290 Å². The Hall–Kier alpha value is -5.74. The maximum absolute atomic E-state index is 3.51. The van der Waals surface area contributed by atoms with E-state index in [1.165, 1.54) is 136 Å². The summed E-state index contributed by atoms with van der Waals surface area (Å²) in [7, 11) is -3.51. The summed E-state index contributed by atoms with van der Waals surface area (Å²) in [5, 5.41) is 3.76. The molecule has 0 saturated heterocycles. The van der Waals surface area contributed by atoms with Crippen LogP contribution < -0.4 is 52.8 Å². The van der Waals surface area contributed by atoms with Crippen molar-refractivity contribution in [2.24, 2.45) is 0 Å². The van der Waals surface area contributed by atoms with Crippen LogP contribution in [0.4, 0.5) is 0 Å². The second-order valence-electron chi connectivity index (χ2n) is 20.7. The molecule has 9 aromatic rings. The van der Waals surface area contributed by atoms with Gasteiger partial charge in [-0.05, 0) is 0 Å². The Morgan fingerprint density at radius 2 is 0.500 bits per heavy atom. The van der Waals surface area contributed by atoms with Gasteiger partial charge in [0.15, 0.2) is 0 Å². The number of benzene rings is 9. The zero-order valence-corrected chi connectivity index (χ0v) is 49.0. The zero-order valence-electron chi connectivity index (χ0n) is 44.2. The summed E-state index contributed by atoms with van der Waals surface area (Å²) < 4.78 is 1.45. The van der Waals surface area contributed by atoms with Gasteiger partial charge in [0.05, 0.1) is 0 Å². The maximum atomic E-state index is 2.63. The summed E-state index contributed by atoms with van der Waals surface area (Å²) >= 11 is 2.46. The van der Waals surface area contributed by atoms with Crippen molar-refractivity contribution in [2.75, 3.05) is 0 Å². The summed E-state index contributed by atoms with van der Waals surface area (Å²) in [5.74, 6) is 0. The van der Waals surface area contributed by atoms with E-state index in [4.69, 9.17) is 0 Å². The fourth-order valence-electron chi connectivity index (χ4n) is 11.7. The van der Waals surface area contributed by atoms with Gasteiger partial charge in [-0.3, -0.25) is 0 Å². The van der Waals surface area contributed by atoms with E-state index in [1.54, 1.807) is 0 Å². The molecule has 0 aliphatic heterocycles. The molecule has 1 unspecified atom stereocenters. The van der Waals surface area contributed by atoms with Crippen LogP contribution in [-0.4, -0.2) is 8.07 Å². The number of hydrogen-bond donors (Lipinski definition) is 0. The number of hydrogen-bond acceptors (Lipinski definition) is 0. The standard InChI is InChI=1S/C69H63Si.3ClH.Ti/c1-45-17-11-23-54(29-45)60-35-61(55-24-12-18-46(2)30-55)39-66(38-60)70(69(10)44-51(7)52(8)53(69)9,67-40-62(56-25-13-19-47(3)31-56)36-63(41-67)57-26-14-20-48(4)32-57)68-42-64(58-27-15-21-49(5)33-58)37-65(43-68)59-28-16-22-50(6)34-59;;;;/h11-43H,1-10H3;3*1H;/q;;;;+3/p-3. The van der Waals surface area contributed by atoms with Crippen LogP contribution in [0.15, 0.2) is 221 Å². The van der Waals surface area contributed by atoms with E-state index in [9.17, 15) is 0 Å². The Morgan fingerprint density at radius 1 is 0.284 bits per heavy atom. The maximum Gasteiger partial charge on any atom is -1.00 e. The van der Waals surface area contributed by atoms with Crippen molar-refractivity contribution in [1.82, 2.24) is 0 Å². The molecule has 0 N–H and O–H groups in total. The Kier molecular flexibility index (Phi) is 17.1. The molecule has 0 aromatic heterocycles. The van der Waals surface area contributed by atoms with Crippen LogP contribution in [0.5, 0.6) is 0 Å². The van der Waals surface area contributed by atoms with Crippen LogP contribution in [-0.2, 0) is 20.4 Å². The van der Waals surface area contributed by atoms with Crippen LogP contribution in [0.3, 0.4) is 0 Å². The quantitative estimate of drug-likeness (QED) is 0.0965. The molecule has 5 heteroatoms. The zero-order chi connectivity index (χ0) is 49.8. The molecule has 0 spiro atoms. The van der Waals surface area contributed by atoms with Gasteiger partial charge >= 0.3 is 439 Å². The van der Waals surface area contributed by atoms with Gasteiger partial charge in [0, 0.05) is 0 Å². The second-order valence-corrected chi connectivity index (χ2v) is 25.8. The van der Waals surface area contributed by atoms with Crippen molar-refractivity contribution in [2.45, 2.75) is 74.3 Å². The minimum absolute atomic E-state index is 0. The van der Waals surface area contributed by atoms with Gasteiger partial charge in [0.1, 0.15) is 0 Å². The first-order valence-electron chi connectivity index (χ1n) is 25.1. The molecule has 74 heavy (non-hydrogen) atoms. The third-order valence-corrected chi connectivity index (χ3v) is 23.1. The van der Waals surface area contributed by atoms with Crippen molar-refractivity contribution in [3.8, 4) is 66.8 Å². The molecule has 0 nitrogen and oxygen atoms in total. The minimum atomic E-state index is -3.51. The van der Waals surface area contributed by atoms with E-state index >= 15 is 0 Å². The molecular formula is C69H63Cl3SiTi. The number of rotatable bonds is 10. The van der Waals surface area contributed by atoms with Crippen molar-refractivity contribution < 1.29 is 57.7 Å². The molecule has 0 heterocycles. The summed E-state index contributed by atoms with van der Waals surface area (Å²) in [4.78, 5) is 0. The van der Waals surface area contributed by atoms with Gasteiger partial charge < -0.3 is 37.2 Å². The number of aryl methyl sites for hydroxylation is 6. The summed E-state index contributed by atoms with van der Waals surface area (Å²) in [6.45, 7) is 23.1. The molecule has 1 atom stereocenters. The van der Waals surface area contributed by atoms with Gasteiger partial charge in [-0.15, -0.1) is 0 Å². The molecular weight excluding hydrogens is 1010 g/mol. The molecule has 9 aromatic carbocycles. The van der Waals surface area contributed by atoms with E-state index in [0.717, 1.165) is 0 Å². The number of allylic oxidation sites excluding steroid dienone is 4. The largest absolute Gasteiger partial charge is 1.00 e. The predicted octanol–water partition coefficient (Wildman–Crippen LogP) is 7.95. The van der Waals surface area contributed by atoms with Crippen LogP contribution in [0.25, 0.3) is 66.8 Å². The van der Waals surface area contributed by atoms with Crippen molar-refractivity contribution in [1.29, 1.82) is 0 Å². The summed E-state index contributed by atoms with van der Waals surface area (Å²) in [5.41, 5.74) is 26.6. The Labute approximate surface area is 472 Å². The first kappa shape index (κ1) is 56.0. The average Bonchev–Trinajstić information content (AvgIpc) is 3.51. The first-order valence-corrected chi connectivity index (χ1v) is 27.9. The summed E-state index contributed by atoms with van der Waals surface area (Å²) in [6, 6.07) is 77.7. The first-order chi connectivity index (χ1) is 34.1. The third kappa shape index (κ3) is 10.3. The molecule has 10 rings (SSSR count). The third-order valence-electron chi connectivity index (χ3n) is 15.7. The Bertz CT molecular complexity index is 3090. The second kappa shape index (κ2) is 22.6. The van der Waals surface area contributed by atoms with Crippen LogP contribution in [0, 0.1) is 41.5 Å². The fraction of sp³-hybridized carbons (Fsp3) is 0.159. The molecule has 0 saturated carbocycles. The Morgan fingerprint density at radius 3 is 0.676 bits per heavy atom. The molecule has 0 radical (unpaired) electrons. The van der Waals surface area contributed by atoms with Crippen molar-refractivity contribution in [3.63, 3.8) is 0 Å². The van der Waals surface area contributed by atoms with Crippen molar-refractivity contribution >= 4 is 23.6 Å². The van der Waals surface area contributed by atoms with Gasteiger partial charge in [-0.1, -0.05) is 0 Å². The van der Waals surface area contributed by atoms with Gasteiger partial charge in [0.2, 0.25) is 0 Å². The van der Waals surface area contributed by atoms with Crippen LogP contribution in [0.1, 0.15) is 61.1 Å². The topological polar surface area (TPSA) is 0 Å². The fourth-order valence-corrected chi connectivity index (χ4v) is 19.5. The number of halogens is 3. The van der Waals surface area contributed by atoms with E-state index < -0.39 is 13.1 Å². The van der Waals surface area contributed by atoms with Gasteiger partial charge in [-0.25, -0.2) is 0 Å². The minimum Gasteiger partial charge on any atom is -1.00 e. The monoisotopic (exact) mass is 1070 g/mol. The molecule has 0 fully saturated rings. The molecule has 1 aliphatic carbocycles. The van der Waals surface area contributed by atoms with E-state index in [1.807, 2.05) is 0 Å². The predicted molar refractivity (Wildman–Crippen MR) is 304 cm³/mol.